The van der Waals surface area contributed by atoms with Crippen LogP contribution in [-0.4, -0.2) is 211 Å². The Morgan fingerprint density at radius 1 is 0.442 bits per heavy atom. The number of aromatic nitrogens is 11. The number of piperazine rings is 1. The van der Waals surface area contributed by atoms with E-state index in [1.165, 1.54) is 11.9 Å². The van der Waals surface area contributed by atoms with Crippen molar-refractivity contribution in [3.8, 4) is 17.7 Å². The molecule has 0 spiro atoms. The van der Waals surface area contributed by atoms with Gasteiger partial charge in [-0.2, -0.15) is 0 Å². The highest BCUT2D eigenvalue weighted by Gasteiger charge is 2.38. The Balaban J connectivity index is 0.000000122. The van der Waals surface area contributed by atoms with Crippen molar-refractivity contribution in [2.75, 3.05) is 66.3 Å². The van der Waals surface area contributed by atoms with Crippen LogP contribution in [0.2, 0.25) is 0 Å². The molecule has 6 aliphatic rings. The Morgan fingerprint density at radius 3 is 1.44 bits per heavy atom. The van der Waals surface area contributed by atoms with Crippen molar-refractivity contribution in [1.29, 1.82) is 0 Å². The number of para-hydroxylation sites is 3. The zero-order valence-electron chi connectivity index (χ0n) is 77.3. The Kier molecular flexibility index (Phi) is 28.3. The Bertz CT molecular complexity index is 7320. The Hall–Kier alpha value is -15.1. The second kappa shape index (κ2) is 41.2. The highest BCUT2D eigenvalue weighted by Crippen LogP contribution is 2.42. The van der Waals surface area contributed by atoms with Crippen molar-refractivity contribution >= 4 is 191 Å². The third-order valence-corrected chi connectivity index (χ3v) is 25.6. The molecule has 16 heterocycles. The number of fused-ring (bicyclic) bond motifs is 15. The zero-order valence-corrected chi connectivity index (χ0v) is 78.2. The molecule has 6 fully saturated rings. The topological polar surface area (TPSA) is 420 Å². The molecule has 0 aliphatic carbocycles. The molecule has 710 valence electrons. The smallest absolute Gasteiger partial charge is 0.410 e. The molecule has 6 aliphatic heterocycles. The van der Waals surface area contributed by atoms with Crippen LogP contribution in [-0.2, 0) is 78.1 Å². The predicted octanol–water partition coefficient (Wildman–Crippen LogP) is 12.9. The second-order valence-electron chi connectivity index (χ2n) is 36.3. The summed E-state index contributed by atoms with van der Waals surface area (Å²) in [5, 5.41) is 21.2. The fourth-order valence-corrected chi connectivity index (χ4v) is 19.4. The number of hydrogen-bond donors (Lipinski definition) is 5. The van der Waals surface area contributed by atoms with E-state index in [4.69, 9.17) is 23.7 Å². The number of pyridine rings is 3. The molecule has 0 radical (unpaired) electrons. The van der Waals surface area contributed by atoms with Crippen molar-refractivity contribution in [3.05, 3.63) is 187 Å². The molecule has 15 aromatic rings. The molecule has 5 aromatic carbocycles. The van der Waals surface area contributed by atoms with E-state index in [2.05, 4.69) is 91.4 Å². The summed E-state index contributed by atoms with van der Waals surface area (Å²) in [6.07, 6.45) is 14.0. The Labute approximate surface area is 795 Å². The second-order valence-corrected chi connectivity index (χ2v) is 37.1. The normalized spacial score (nSPS) is 18.3. The molecule has 0 bridgehead atoms. The molecule has 5 N–H and O–H groups in total. The minimum atomic E-state index is -0.493. The number of nitrogens with one attached hydrogen (secondary N) is 5. The fourth-order valence-electron chi connectivity index (χ4n) is 18.6. The van der Waals surface area contributed by atoms with Gasteiger partial charge in [-0.05, 0) is 171 Å². The van der Waals surface area contributed by atoms with Crippen LogP contribution in [0.4, 0.5) is 4.79 Å². The number of esters is 1. The molecule has 35 nitrogen and oxygen atoms in total. The molecular formula is C102H104N18O17S. The number of hydrogen-bond acceptors (Lipinski definition) is 25. The van der Waals surface area contributed by atoms with Crippen molar-refractivity contribution in [3.63, 3.8) is 0 Å². The lowest BCUT2D eigenvalue weighted by Crippen LogP contribution is -2.50. The monoisotopic (exact) mass is 1880 g/mol. The van der Waals surface area contributed by atoms with Crippen molar-refractivity contribution in [2.24, 2.45) is 0 Å². The molecule has 138 heavy (non-hydrogen) atoms. The molecule has 5 unspecified atom stereocenters. The lowest BCUT2D eigenvalue weighted by atomic mass is 10.0. The third-order valence-electron chi connectivity index (χ3n) is 24.7. The van der Waals surface area contributed by atoms with Gasteiger partial charge in [-0.1, -0.05) is 72.5 Å². The number of thiazole rings is 1. The van der Waals surface area contributed by atoms with Crippen LogP contribution < -0.4 is 31.3 Å². The standard InChI is InChI=1S/C29H33N3O6.C27H33N5O4.C17H15N3O3.C15H12N4O2.C14H11N3O2S/c1-29(2,3)38-26(34)9-6-16-37-18-17-36-15-5-7-20-10-11-23-22(19-20)21-8-4-14-30-27(21)32(23)24-12-13-25(33)31-28(24)35;1-27(2,3)36-26(35)31-15-13-30(14-16-31)12-10-18-6-7-21-20(17-18)19-5-4-11-28-24(19)32(21)22-8-9-23(33)29-25(22)34;1-23-17-15-11(8-9-18-17)10-4-2-3-5-12(10)20(15)13-6-7-14(21)19-16(13)22;20-13-6-5-12(15(21)18-13)19-11-4-2-1-3-9(11)10-7-16-8-17-14(10)19;18-11-6-5-10(14(19)16-11)17-9-4-2-1-3-8(9)12-13(17)15-7-20-12/h4,8,10-11,14,19,24H,6,9,12-13,15-18H2,1-3H3,(H,31,33,35);4-7,11,17,22H,8-10,12-16H2,1-3H3,(H,29,33,34);2-5,8-9,13H,6-7H2,1H3,(H,19,21,22);1-4,7-8,12H,5-6H2,(H,18,20,21);1-4,7,10H,5-6H2,(H,16,18,19). The summed E-state index contributed by atoms with van der Waals surface area (Å²) < 4.78 is 38.0. The first-order chi connectivity index (χ1) is 66.6. The minimum absolute atomic E-state index is 0.197. The first-order valence-corrected chi connectivity index (χ1v) is 47.0. The summed E-state index contributed by atoms with van der Waals surface area (Å²) in [6, 6.07) is 43.4. The van der Waals surface area contributed by atoms with Crippen molar-refractivity contribution < 1.29 is 81.2 Å². The van der Waals surface area contributed by atoms with Gasteiger partial charge in [0, 0.05) is 157 Å². The van der Waals surface area contributed by atoms with Crippen LogP contribution in [0.15, 0.2) is 176 Å². The SMILES string of the molecule is CC(C)(C)OC(=O)CCCOCCOCC#Cc1ccc2c(c1)c1cccnc1n2C1CCC(=O)NC1=O.CC(C)(C)OC(=O)N1CCN(CCc2ccc3c(c2)c2cccnc2n3C2CCC(=O)NC2=O)CC1.COc1nccc2c3ccccc3n(C3CCC(=O)NC3=O)c12.O=C1CCC(n2c3ccccc3c3cncnc32)C(=O)N1.O=C1CCC(n2c3ccccc3c3scnc32)C(=O)N1. The number of rotatable bonds is 17. The maximum Gasteiger partial charge on any atom is 0.410 e. The van der Waals surface area contributed by atoms with Crippen LogP contribution in [0, 0.1) is 11.8 Å². The molecule has 11 amide bonds. The summed E-state index contributed by atoms with van der Waals surface area (Å²) >= 11 is 1.57. The minimum Gasteiger partial charge on any atom is -0.479 e. The first kappa shape index (κ1) is 94.7. The molecule has 5 atom stereocenters. The fraction of sp³-hybridized carbons (Fsp3) is 0.353. The summed E-state index contributed by atoms with van der Waals surface area (Å²) in [5.74, 6) is 3.93. The van der Waals surface area contributed by atoms with Gasteiger partial charge in [-0.15, -0.1) is 11.3 Å². The van der Waals surface area contributed by atoms with E-state index in [1.807, 2.05) is 186 Å². The van der Waals surface area contributed by atoms with Gasteiger partial charge < -0.3 is 51.4 Å². The van der Waals surface area contributed by atoms with Crippen molar-refractivity contribution in [1.82, 2.24) is 89.1 Å². The maximum absolute atomic E-state index is 12.6. The number of carbonyl (C=O) groups excluding carboxylic acids is 12. The van der Waals surface area contributed by atoms with Gasteiger partial charge in [0.1, 0.15) is 76.8 Å². The van der Waals surface area contributed by atoms with Crippen LogP contribution >= 0.6 is 11.3 Å². The molecule has 10 aromatic heterocycles. The van der Waals surface area contributed by atoms with Crippen molar-refractivity contribution in [2.45, 2.75) is 166 Å². The summed E-state index contributed by atoms with van der Waals surface area (Å²) in [6.45, 7) is 16.6. The van der Waals surface area contributed by atoms with Gasteiger partial charge in [0.25, 0.3) is 0 Å². The highest BCUT2D eigenvalue weighted by molar-refractivity contribution is 7.17. The summed E-state index contributed by atoms with van der Waals surface area (Å²) in [4.78, 5) is 174. The summed E-state index contributed by atoms with van der Waals surface area (Å²) in [7, 11) is 1.56. The zero-order chi connectivity index (χ0) is 96.6. The number of benzene rings is 5. The van der Waals surface area contributed by atoms with Crippen LogP contribution in [0.1, 0.15) is 160 Å². The number of carbonyl (C=O) groups is 12. The van der Waals surface area contributed by atoms with E-state index >= 15 is 0 Å². The van der Waals surface area contributed by atoms with Gasteiger partial charge in [0.15, 0.2) is 5.65 Å². The van der Waals surface area contributed by atoms with Crippen LogP contribution in [0.25, 0.3) is 109 Å². The number of ether oxygens (including phenoxy) is 5. The largest absolute Gasteiger partial charge is 0.479 e. The first-order valence-electron chi connectivity index (χ1n) is 46.1. The number of amides is 11. The molecule has 21 rings (SSSR count). The van der Waals surface area contributed by atoms with E-state index < -0.39 is 35.4 Å². The van der Waals surface area contributed by atoms with Crippen LogP contribution in [0.5, 0.6) is 5.88 Å². The molecule has 36 heteroatoms. The number of nitrogens with zero attached hydrogens (tertiary/aromatic N) is 13. The van der Waals surface area contributed by atoms with Gasteiger partial charge in [-0.25, -0.2) is 34.7 Å². The highest BCUT2D eigenvalue weighted by atomic mass is 32.1. The van der Waals surface area contributed by atoms with E-state index in [0.29, 0.717) is 121 Å². The quantitative estimate of drug-likeness (QED) is 0.0245. The molecule has 0 saturated carbocycles. The maximum atomic E-state index is 12.6. The summed E-state index contributed by atoms with van der Waals surface area (Å²) in [5.41, 5.74) is 11.4. The van der Waals surface area contributed by atoms with Crippen LogP contribution in [0.3, 0.4) is 0 Å². The van der Waals surface area contributed by atoms with Gasteiger partial charge in [-0.3, -0.25) is 84.2 Å². The predicted molar refractivity (Wildman–Crippen MR) is 517 cm³/mol. The molecular weight excluding hydrogens is 1780 g/mol. The van der Waals surface area contributed by atoms with E-state index in [0.717, 1.165) is 135 Å². The lowest BCUT2D eigenvalue weighted by Gasteiger charge is -2.35. The Morgan fingerprint density at radius 2 is 0.906 bits per heavy atom. The van der Waals surface area contributed by atoms with Gasteiger partial charge in [0.05, 0.1) is 58.1 Å². The number of methoxy groups -OCH3 is 1. The van der Waals surface area contributed by atoms with E-state index in [-0.39, 0.29) is 83.8 Å². The molecule has 6 saturated heterocycles. The number of imide groups is 5. The average molecular weight is 1890 g/mol. The van der Waals surface area contributed by atoms with E-state index in [9.17, 15) is 57.5 Å². The average Bonchev–Trinajstić information content (AvgIpc) is 1.59. The van der Waals surface area contributed by atoms with Gasteiger partial charge >= 0.3 is 12.1 Å². The third kappa shape index (κ3) is 20.7. The lowest BCUT2D eigenvalue weighted by molar-refractivity contribution is -0.155. The van der Waals surface area contributed by atoms with E-state index in [1.54, 1.807) is 53.6 Å². The van der Waals surface area contributed by atoms with Gasteiger partial charge in [0.2, 0.25) is 65.0 Å². The number of piperidine rings is 5.